The maximum Gasteiger partial charge on any atom is 0.227 e. The first-order valence-corrected chi connectivity index (χ1v) is 10.6. The minimum absolute atomic E-state index is 0.134. The molecule has 2 aromatic heterocycles. The van der Waals surface area contributed by atoms with Crippen molar-refractivity contribution in [1.82, 2.24) is 9.97 Å². The lowest BCUT2D eigenvalue weighted by molar-refractivity contribution is -0.117. The van der Waals surface area contributed by atoms with E-state index in [1.165, 1.54) is 18.4 Å². The predicted octanol–water partition coefficient (Wildman–Crippen LogP) is 5.09. The van der Waals surface area contributed by atoms with Crippen molar-refractivity contribution >= 4 is 51.1 Å². The van der Waals surface area contributed by atoms with Crippen LogP contribution < -0.4 is 10.6 Å². The lowest BCUT2D eigenvalue weighted by Crippen LogP contribution is -2.13. The molecule has 0 radical (unpaired) electrons. The Labute approximate surface area is 167 Å². The first kappa shape index (κ1) is 17.4. The van der Waals surface area contributed by atoms with Crippen LogP contribution >= 0.6 is 11.3 Å². The van der Waals surface area contributed by atoms with Crippen LogP contribution in [-0.4, -0.2) is 21.9 Å². The van der Waals surface area contributed by atoms with Gasteiger partial charge >= 0.3 is 0 Å². The fourth-order valence-electron chi connectivity index (χ4n) is 3.18. The van der Waals surface area contributed by atoms with Gasteiger partial charge < -0.3 is 10.6 Å². The standard InChI is InChI=1S/C22H22N4OS/c1-13-2-7-18(26-22(27)14-3-4-14)10-15(13)5-6-16-11-28-20-19(16)23-12-24-21(20)25-17-8-9-17/h2,5-7,10-12,14,17H,3-4,8-9H2,1H3,(H,26,27)(H,23,24,25)/b6-5+. The molecule has 0 saturated heterocycles. The molecular weight excluding hydrogens is 368 g/mol. The third kappa shape index (κ3) is 3.64. The van der Waals surface area contributed by atoms with Crippen molar-refractivity contribution in [2.45, 2.75) is 38.6 Å². The van der Waals surface area contributed by atoms with Crippen molar-refractivity contribution in [3.05, 3.63) is 46.6 Å². The smallest absolute Gasteiger partial charge is 0.227 e. The van der Waals surface area contributed by atoms with E-state index in [0.717, 1.165) is 45.7 Å². The highest BCUT2D eigenvalue weighted by Crippen LogP contribution is 2.34. The first-order valence-electron chi connectivity index (χ1n) is 9.76. The fraction of sp³-hybridized carbons (Fsp3) is 0.318. The maximum atomic E-state index is 12.0. The van der Waals surface area contributed by atoms with Gasteiger partial charge in [-0.1, -0.05) is 18.2 Å². The largest absolute Gasteiger partial charge is 0.366 e. The van der Waals surface area contributed by atoms with Crippen LogP contribution in [-0.2, 0) is 4.79 Å². The lowest BCUT2D eigenvalue weighted by Gasteiger charge is -2.07. The van der Waals surface area contributed by atoms with Crippen molar-refractivity contribution in [2.24, 2.45) is 5.92 Å². The molecular formula is C22H22N4OS. The number of fused-ring (bicyclic) bond motifs is 1. The van der Waals surface area contributed by atoms with Crippen LogP contribution in [0.5, 0.6) is 0 Å². The molecule has 6 heteroatoms. The second kappa shape index (κ2) is 7.02. The Kier molecular flexibility index (Phi) is 4.36. The molecule has 2 heterocycles. The molecule has 142 valence electrons. The molecule has 3 aromatic rings. The van der Waals surface area contributed by atoms with E-state index in [4.69, 9.17) is 0 Å². The number of anilines is 2. The summed E-state index contributed by atoms with van der Waals surface area (Å²) in [5.74, 6) is 1.28. The zero-order valence-corrected chi connectivity index (χ0v) is 16.6. The van der Waals surface area contributed by atoms with Gasteiger partial charge in [-0.25, -0.2) is 9.97 Å². The maximum absolute atomic E-state index is 12.0. The molecule has 1 aromatic carbocycles. The number of rotatable bonds is 6. The zero-order chi connectivity index (χ0) is 19.1. The summed E-state index contributed by atoms with van der Waals surface area (Å²) in [6.45, 7) is 2.08. The van der Waals surface area contributed by atoms with Gasteiger partial charge in [0.15, 0.2) is 0 Å². The lowest BCUT2D eigenvalue weighted by atomic mass is 10.1. The van der Waals surface area contributed by atoms with Gasteiger partial charge in [-0.2, -0.15) is 0 Å². The summed E-state index contributed by atoms with van der Waals surface area (Å²) in [5, 5.41) is 8.64. The Morgan fingerprint density at radius 2 is 1.96 bits per heavy atom. The van der Waals surface area contributed by atoms with Gasteiger partial charge in [-0.05, 0) is 55.9 Å². The van der Waals surface area contributed by atoms with Crippen LogP contribution in [0.3, 0.4) is 0 Å². The third-order valence-corrected chi connectivity index (χ3v) is 6.23. The van der Waals surface area contributed by atoms with Crippen molar-refractivity contribution < 1.29 is 4.79 Å². The first-order chi connectivity index (χ1) is 13.7. The number of hydrogen-bond acceptors (Lipinski definition) is 5. The van der Waals surface area contributed by atoms with E-state index >= 15 is 0 Å². The van der Waals surface area contributed by atoms with Gasteiger partial charge in [-0.3, -0.25) is 4.79 Å². The number of aryl methyl sites for hydroxylation is 1. The number of carbonyl (C=O) groups excluding carboxylic acids is 1. The third-order valence-electron chi connectivity index (χ3n) is 5.24. The summed E-state index contributed by atoms with van der Waals surface area (Å²) in [6.07, 6.45) is 10.3. The Morgan fingerprint density at radius 3 is 2.75 bits per heavy atom. The van der Waals surface area contributed by atoms with Crippen LogP contribution in [0.1, 0.15) is 42.4 Å². The van der Waals surface area contributed by atoms with E-state index in [0.29, 0.717) is 6.04 Å². The molecule has 0 aliphatic heterocycles. The summed E-state index contributed by atoms with van der Waals surface area (Å²) >= 11 is 1.68. The molecule has 2 N–H and O–H groups in total. The molecule has 2 saturated carbocycles. The summed E-state index contributed by atoms with van der Waals surface area (Å²) in [7, 11) is 0. The SMILES string of the molecule is Cc1ccc(NC(=O)C2CC2)cc1/C=C/c1csc2c(NC3CC3)ncnc12. The van der Waals surface area contributed by atoms with Crippen LogP contribution in [0.25, 0.3) is 22.4 Å². The quantitative estimate of drug-likeness (QED) is 0.615. The Balaban J connectivity index is 1.40. The highest BCUT2D eigenvalue weighted by Gasteiger charge is 2.29. The number of carbonyl (C=O) groups is 1. The van der Waals surface area contributed by atoms with Crippen LogP contribution in [0.4, 0.5) is 11.5 Å². The molecule has 0 atom stereocenters. The normalized spacial score (nSPS) is 16.6. The van der Waals surface area contributed by atoms with Gasteiger partial charge in [0.05, 0.1) is 10.2 Å². The average molecular weight is 391 g/mol. The minimum Gasteiger partial charge on any atom is -0.366 e. The second-order valence-electron chi connectivity index (χ2n) is 7.68. The fourth-order valence-corrected chi connectivity index (χ4v) is 4.12. The molecule has 2 aliphatic rings. The number of nitrogens with zero attached hydrogens (tertiary/aromatic N) is 2. The monoisotopic (exact) mass is 390 g/mol. The summed E-state index contributed by atoms with van der Waals surface area (Å²) in [6, 6.07) is 6.62. The van der Waals surface area contributed by atoms with E-state index in [-0.39, 0.29) is 11.8 Å². The molecule has 0 unspecified atom stereocenters. The van der Waals surface area contributed by atoms with Crippen molar-refractivity contribution in [1.29, 1.82) is 0 Å². The number of benzene rings is 1. The summed E-state index contributed by atoms with van der Waals surface area (Å²) < 4.78 is 1.11. The number of thiophene rings is 1. The Morgan fingerprint density at radius 1 is 1.14 bits per heavy atom. The molecule has 0 bridgehead atoms. The second-order valence-corrected chi connectivity index (χ2v) is 8.56. The van der Waals surface area contributed by atoms with Crippen LogP contribution in [0.15, 0.2) is 29.9 Å². The minimum atomic E-state index is 0.134. The van der Waals surface area contributed by atoms with Gasteiger partial charge in [-0.15, -0.1) is 11.3 Å². The molecule has 2 fully saturated rings. The van der Waals surface area contributed by atoms with E-state index < -0.39 is 0 Å². The highest BCUT2D eigenvalue weighted by atomic mass is 32.1. The molecule has 28 heavy (non-hydrogen) atoms. The predicted molar refractivity (Wildman–Crippen MR) is 116 cm³/mol. The van der Waals surface area contributed by atoms with E-state index in [9.17, 15) is 4.79 Å². The Bertz CT molecular complexity index is 1080. The van der Waals surface area contributed by atoms with Gasteiger partial charge in [0.25, 0.3) is 0 Å². The van der Waals surface area contributed by atoms with Gasteiger partial charge in [0.1, 0.15) is 12.1 Å². The Hall–Kier alpha value is -2.73. The van der Waals surface area contributed by atoms with Crippen LogP contribution in [0.2, 0.25) is 0 Å². The average Bonchev–Trinajstić information content (AvgIpc) is 3.61. The van der Waals surface area contributed by atoms with Crippen molar-refractivity contribution in [3.63, 3.8) is 0 Å². The molecule has 1 amide bonds. The molecule has 5 rings (SSSR count). The summed E-state index contributed by atoms with van der Waals surface area (Å²) in [4.78, 5) is 20.9. The van der Waals surface area contributed by atoms with E-state index in [1.54, 1.807) is 17.7 Å². The summed E-state index contributed by atoms with van der Waals surface area (Å²) in [5.41, 5.74) is 5.20. The van der Waals surface area contributed by atoms with Crippen molar-refractivity contribution in [2.75, 3.05) is 10.6 Å². The molecule has 5 nitrogen and oxygen atoms in total. The molecule has 0 spiro atoms. The van der Waals surface area contributed by atoms with Gasteiger partial charge in [0, 0.05) is 28.6 Å². The number of nitrogens with one attached hydrogen (secondary N) is 2. The van der Waals surface area contributed by atoms with Gasteiger partial charge in [0.2, 0.25) is 5.91 Å². The number of aromatic nitrogens is 2. The number of hydrogen-bond donors (Lipinski definition) is 2. The van der Waals surface area contributed by atoms with E-state index in [2.05, 4.69) is 45.1 Å². The zero-order valence-electron chi connectivity index (χ0n) is 15.7. The van der Waals surface area contributed by atoms with E-state index in [1.807, 2.05) is 18.2 Å². The number of amides is 1. The highest BCUT2D eigenvalue weighted by molar-refractivity contribution is 7.18. The van der Waals surface area contributed by atoms with Crippen LogP contribution in [0, 0.1) is 12.8 Å². The topological polar surface area (TPSA) is 66.9 Å². The van der Waals surface area contributed by atoms with Crippen molar-refractivity contribution in [3.8, 4) is 0 Å². The molecule has 2 aliphatic carbocycles.